The Hall–Kier alpha value is -3.38. The van der Waals surface area contributed by atoms with E-state index in [9.17, 15) is 9.18 Å². The third-order valence-electron chi connectivity index (χ3n) is 4.32. The molecule has 0 fully saturated rings. The SMILES string of the molecule is C#CCCc1ccc(OC(=O)c2ccc(-c3ccc(C)c(F)c3)cc2)cc1. The molecule has 0 spiro atoms. The van der Waals surface area contributed by atoms with Crippen LogP contribution in [0.5, 0.6) is 5.75 Å². The summed E-state index contributed by atoms with van der Waals surface area (Å²) in [7, 11) is 0. The molecule has 0 radical (unpaired) electrons. The predicted molar refractivity (Wildman–Crippen MR) is 105 cm³/mol. The van der Waals surface area contributed by atoms with Gasteiger partial charge in [-0.1, -0.05) is 36.4 Å². The zero-order chi connectivity index (χ0) is 19.2. The maximum atomic E-state index is 13.7. The molecule has 0 aromatic heterocycles. The molecular weight excluding hydrogens is 339 g/mol. The van der Waals surface area contributed by atoms with Gasteiger partial charge < -0.3 is 4.74 Å². The average Bonchev–Trinajstić information content (AvgIpc) is 2.69. The molecule has 3 heteroatoms. The van der Waals surface area contributed by atoms with Crippen LogP contribution >= 0.6 is 0 Å². The largest absolute Gasteiger partial charge is 0.423 e. The van der Waals surface area contributed by atoms with Crippen molar-refractivity contribution in [1.29, 1.82) is 0 Å². The van der Waals surface area contributed by atoms with Gasteiger partial charge in [-0.3, -0.25) is 0 Å². The van der Waals surface area contributed by atoms with Gasteiger partial charge in [0.15, 0.2) is 0 Å². The van der Waals surface area contributed by atoms with Gasteiger partial charge in [-0.25, -0.2) is 9.18 Å². The number of halogens is 1. The highest BCUT2D eigenvalue weighted by atomic mass is 19.1. The minimum atomic E-state index is -0.437. The minimum Gasteiger partial charge on any atom is -0.423 e. The van der Waals surface area contributed by atoms with E-state index in [2.05, 4.69) is 5.92 Å². The predicted octanol–water partition coefficient (Wildman–Crippen LogP) is 5.59. The number of benzene rings is 3. The molecule has 2 nitrogen and oxygen atoms in total. The van der Waals surface area contributed by atoms with E-state index in [1.54, 1.807) is 49.4 Å². The van der Waals surface area contributed by atoms with Gasteiger partial charge in [-0.15, -0.1) is 12.3 Å². The Morgan fingerprint density at radius 1 is 1.00 bits per heavy atom. The fourth-order valence-corrected chi connectivity index (χ4v) is 2.68. The highest BCUT2D eigenvalue weighted by Gasteiger charge is 2.10. The van der Waals surface area contributed by atoms with Crippen molar-refractivity contribution in [3.05, 3.63) is 89.2 Å². The van der Waals surface area contributed by atoms with Crippen LogP contribution in [-0.2, 0) is 6.42 Å². The molecular formula is C24H19FO2. The smallest absolute Gasteiger partial charge is 0.343 e. The molecule has 27 heavy (non-hydrogen) atoms. The quantitative estimate of drug-likeness (QED) is 0.338. The van der Waals surface area contributed by atoms with Gasteiger partial charge in [0, 0.05) is 6.42 Å². The van der Waals surface area contributed by atoms with Crippen LogP contribution in [0.2, 0.25) is 0 Å². The summed E-state index contributed by atoms with van der Waals surface area (Å²) in [5.74, 6) is 2.40. The second kappa shape index (κ2) is 8.33. The Labute approximate surface area is 158 Å². The molecule has 134 valence electrons. The maximum Gasteiger partial charge on any atom is 0.343 e. The monoisotopic (exact) mass is 358 g/mol. The summed E-state index contributed by atoms with van der Waals surface area (Å²) >= 11 is 0. The van der Waals surface area contributed by atoms with E-state index < -0.39 is 5.97 Å². The number of hydrogen-bond donors (Lipinski definition) is 0. The zero-order valence-corrected chi connectivity index (χ0v) is 15.0. The zero-order valence-electron chi connectivity index (χ0n) is 15.0. The molecule has 0 heterocycles. The Kier molecular flexibility index (Phi) is 5.68. The van der Waals surface area contributed by atoms with E-state index in [1.165, 1.54) is 6.07 Å². The summed E-state index contributed by atoms with van der Waals surface area (Å²) in [6, 6.07) is 19.3. The molecule has 0 aliphatic carbocycles. The van der Waals surface area contributed by atoms with Crippen molar-refractivity contribution < 1.29 is 13.9 Å². The van der Waals surface area contributed by atoms with Gasteiger partial charge in [0.1, 0.15) is 11.6 Å². The lowest BCUT2D eigenvalue weighted by Gasteiger charge is -2.07. The van der Waals surface area contributed by atoms with Crippen molar-refractivity contribution >= 4 is 5.97 Å². The van der Waals surface area contributed by atoms with Crippen molar-refractivity contribution in [1.82, 2.24) is 0 Å². The number of aryl methyl sites for hydroxylation is 2. The average molecular weight is 358 g/mol. The van der Waals surface area contributed by atoms with E-state index in [1.807, 2.05) is 18.2 Å². The molecule has 0 saturated heterocycles. The van der Waals surface area contributed by atoms with E-state index in [-0.39, 0.29) is 5.82 Å². The van der Waals surface area contributed by atoms with E-state index in [0.717, 1.165) is 23.1 Å². The summed E-state index contributed by atoms with van der Waals surface area (Å²) < 4.78 is 19.1. The Balaban J connectivity index is 1.68. The highest BCUT2D eigenvalue weighted by molar-refractivity contribution is 5.91. The van der Waals surface area contributed by atoms with Gasteiger partial charge >= 0.3 is 5.97 Å². The first-order chi connectivity index (χ1) is 13.1. The van der Waals surface area contributed by atoms with Crippen LogP contribution in [0.25, 0.3) is 11.1 Å². The van der Waals surface area contributed by atoms with Crippen LogP contribution in [0, 0.1) is 25.1 Å². The molecule has 3 rings (SSSR count). The second-order valence-electron chi connectivity index (χ2n) is 6.28. The highest BCUT2D eigenvalue weighted by Crippen LogP contribution is 2.23. The molecule has 0 unspecified atom stereocenters. The van der Waals surface area contributed by atoms with Crippen molar-refractivity contribution in [2.24, 2.45) is 0 Å². The Morgan fingerprint density at radius 3 is 2.30 bits per heavy atom. The number of carbonyl (C=O) groups excluding carboxylic acids is 1. The number of rotatable bonds is 5. The number of hydrogen-bond acceptors (Lipinski definition) is 2. The lowest BCUT2D eigenvalue weighted by atomic mass is 10.0. The molecule has 3 aromatic rings. The Bertz CT molecular complexity index is 980. The summed E-state index contributed by atoms with van der Waals surface area (Å²) in [5, 5.41) is 0. The normalized spacial score (nSPS) is 10.3. The molecule has 0 amide bonds. The van der Waals surface area contributed by atoms with E-state index in [4.69, 9.17) is 11.2 Å². The van der Waals surface area contributed by atoms with Crippen LogP contribution < -0.4 is 4.74 Å². The number of esters is 1. The first-order valence-corrected chi connectivity index (χ1v) is 8.68. The van der Waals surface area contributed by atoms with Gasteiger partial charge in [0.05, 0.1) is 5.56 Å². The van der Waals surface area contributed by atoms with Crippen LogP contribution in [-0.4, -0.2) is 5.97 Å². The van der Waals surface area contributed by atoms with Crippen molar-refractivity contribution in [2.75, 3.05) is 0 Å². The molecule has 0 aliphatic heterocycles. The van der Waals surface area contributed by atoms with Gasteiger partial charge in [-0.2, -0.15) is 0 Å². The summed E-state index contributed by atoms with van der Waals surface area (Å²) in [6.45, 7) is 1.72. The minimum absolute atomic E-state index is 0.248. The first-order valence-electron chi connectivity index (χ1n) is 8.68. The molecule has 0 atom stereocenters. The fraction of sp³-hybridized carbons (Fsp3) is 0.125. The Morgan fingerprint density at radius 2 is 1.67 bits per heavy atom. The first kappa shape index (κ1) is 18.4. The standard InChI is InChI=1S/C24H19FO2/c1-3-4-5-18-7-14-22(15-8-18)27-24(26)20-12-10-19(11-13-20)21-9-6-17(2)23(25)16-21/h1,6-16H,4-5H2,2H3. The molecule has 0 aliphatic rings. The molecule has 0 bridgehead atoms. The lowest BCUT2D eigenvalue weighted by molar-refractivity contribution is 0.0735. The summed E-state index contributed by atoms with van der Waals surface area (Å²) in [4.78, 5) is 12.3. The van der Waals surface area contributed by atoms with Gasteiger partial charge in [0.2, 0.25) is 0 Å². The van der Waals surface area contributed by atoms with Crippen LogP contribution in [0.3, 0.4) is 0 Å². The maximum absolute atomic E-state index is 13.7. The summed E-state index contributed by atoms with van der Waals surface area (Å²) in [6.07, 6.45) is 6.73. The van der Waals surface area contributed by atoms with E-state index in [0.29, 0.717) is 23.3 Å². The van der Waals surface area contributed by atoms with Crippen LogP contribution in [0.15, 0.2) is 66.7 Å². The number of carbonyl (C=O) groups is 1. The molecule has 3 aromatic carbocycles. The van der Waals surface area contributed by atoms with Crippen molar-refractivity contribution in [2.45, 2.75) is 19.8 Å². The fourth-order valence-electron chi connectivity index (χ4n) is 2.68. The summed E-state index contributed by atoms with van der Waals surface area (Å²) in [5.41, 5.74) is 3.73. The lowest BCUT2D eigenvalue weighted by Crippen LogP contribution is -2.08. The molecule has 0 saturated carbocycles. The second-order valence-corrected chi connectivity index (χ2v) is 6.28. The van der Waals surface area contributed by atoms with Gasteiger partial charge in [-0.05, 0) is 65.9 Å². The van der Waals surface area contributed by atoms with Gasteiger partial charge in [0.25, 0.3) is 0 Å². The van der Waals surface area contributed by atoms with Crippen LogP contribution in [0.4, 0.5) is 4.39 Å². The van der Waals surface area contributed by atoms with Crippen molar-refractivity contribution in [3.8, 4) is 29.2 Å². The third kappa shape index (κ3) is 4.62. The number of ether oxygens (including phenoxy) is 1. The number of terminal acetylenes is 1. The third-order valence-corrected chi connectivity index (χ3v) is 4.32. The molecule has 0 N–H and O–H groups in total. The van der Waals surface area contributed by atoms with E-state index >= 15 is 0 Å². The van der Waals surface area contributed by atoms with Crippen molar-refractivity contribution in [3.63, 3.8) is 0 Å². The van der Waals surface area contributed by atoms with Crippen LogP contribution in [0.1, 0.15) is 27.9 Å². The topological polar surface area (TPSA) is 26.3 Å².